The van der Waals surface area contributed by atoms with Gasteiger partial charge in [-0.2, -0.15) is 0 Å². The lowest BCUT2D eigenvalue weighted by Crippen LogP contribution is -2.32. The van der Waals surface area contributed by atoms with Crippen LogP contribution < -0.4 is 5.73 Å². The molecule has 1 unspecified atom stereocenters. The number of allylic oxidation sites excluding steroid dienone is 1. The molecule has 1 aliphatic carbocycles. The van der Waals surface area contributed by atoms with Crippen LogP contribution in [0.15, 0.2) is 81.6 Å². The van der Waals surface area contributed by atoms with Gasteiger partial charge in [-0.1, -0.05) is 56.2 Å². The second kappa shape index (κ2) is 13.0. The van der Waals surface area contributed by atoms with Crippen molar-refractivity contribution in [2.45, 2.75) is 78.7 Å². The normalized spacial score (nSPS) is 20.2. The monoisotopic (exact) mass is 500 g/mol. The summed E-state index contributed by atoms with van der Waals surface area (Å²) in [6.45, 7) is 13.3. The van der Waals surface area contributed by atoms with Crippen molar-refractivity contribution in [1.29, 1.82) is 0 Å². The predicted octanol–water partition coefficient (Wildman–Crippen LogP) is 7.49. The van der Waals surface area contributed by atoms with Gasteiger partial charge in [-0.15, -0.1) is 0 Å². The maximum absolute atomic E-state index is 9.18. The molecule has 2 aromatic carbocycles. The van der Waals surface area contributed by atoms with Crippen molar-refractivity contribution in [2.75, 3.05) is 0 Å². The van der Waals surface area contributed by atoms with Crippen LogP contribution in [0.5, 0.6) is 5.75 Å². The van der Waals surface area contributed by atoms with Crippen LogP contribution in [0.3, 0.4) is 0 Å². The van der Waals surface area contributed by atoms with Crippen LogP contribution >= 0.6 is 0 Å². The van der Waals surface area contributed by atoms with Crippen LogP contribution in [0.1, 0.15) is 82.4 Å². The summed E-state index contributed by atoms with van der Waals surface area (Å²) < 4.78 is 5.92. The molecule has 6 nitrogen and oxygen atoms in total. The molecule has 0 bridgehead atoms. The number of aromatic hydroxyl groups is 1. The van der Waals surface area contributed by atoms with Crippen molar-refractivity contribution in [1.82, 2.24) is 0 Å². The highest BCUT2D eigenvalue weighted by Gasteiger charge is 2.26. The van der Waals surface area contributed by atoms with Crippen molar-refractivity contribution in [3.63, 3.8) is 0 Å². The molecule has 4 rings (SSSR count). The number of benzene rings is 2. The number of hydrogen-bond acceptors (Lipinski definition) is 6. The topological polar surface area (TPSA) is 92.6 Å². The van der Waals surface area contributed by atoms with E-state index in [4.69, 9.17) is 15.5 Å². The summed E-state index contributed by atoms with van der Waals surface area (Å²) in [5.74, 6) is 1.41. The number of nitrogens with zero attached hydrogens (tertiary/aromatic N) is 3. The van der Waals surface area contributed by atoms with Gasteiger partial charge in [0.1, 0.15) is 17.6 Å². The van der Waals surface area contributed by atoms with Gasteiger partial charge in [-0.05, 0) is 76.1 Å². The van der Waals surface area contributed by atoms with E-state index in [0.717, 1.165) is 28.2 Å². The Hall–Kier alpha value is -3.67. The highest BCUT2D eigenvalue weighted by atomic mass is 16.5. The van der Waals surface area contributed by atoms with Crippen molar-refractivity contribution < 1.29 is 9.84 Å². The summed E-state index contributed by atoms with van der Waals surface area (Å²) in [6, 6.07) is 14.0. The van der Waals surface area contributed by atoms with Gasteiger partial charge < -0.3 is 15.6 Å². The van der Waals surface area contributed by atoms with E-state index >= 15 is 0 Å². The molecular formula is C31H40N4O2. The number of phenolic OH excluding ortho intramolecular Hbond substituents is 1. The molecule has 1 fully saturated rings. The third-order valence-electron chi connectivity index (χ3n) is 6.51. The Morgan fingerprint density at radius 3 is 2.35 bits per heavy atom. The van der Waals surface area contributed by atoms with E-state index in [0.29, 0.717) is 23.2 Å². The zero-order valence-electron chi connectivity index (χ0n) is 22.8. The van der Waals surface area contributed by atoms with Crippen LogP contribution in [0, 0.1) is 6.92 Å². The molecule has 1 heterocycles. The van der Waals surface area contributed by atoms with Gasteiger partial charge in [0.15, 0.2) is 0 Å². The summed E-state index contributed by atoms with van der Waals surface area (Å²) in [4.78, 5) is 13.2. The highest BCUT2D eigenvalue weighted by Crippen LogP contribution is 2.33. The zero-order valence-corrected chi connectivity index (χ0v) is 22.8. The Morgan fingerprint density at radius 2 is 1.76 bits per heavy atom. The number of hydrogen-bond donors (Lipinski definition) is 2. The number of nitrogens with two attached hydrogens (primary N) is 1. The minimum absolute atomic E-state index is 0.178. The summed E-state index contributed by atoms with van der Waals surface area (Å²) >= 11 is 0. The van der Waals surface area contributed by atoms with E-state index < -0.39 is 0 Å². The van der Waals surface area contributed by atoms with E-state index in [1.807, 2.05) is 33.8 Å². The number of aryl methyl sites for hydroxylation is 1. The summed E-state index contributed by atoms with van der Waals surface area (Å²) in [5.41, 5.74) is 13.5. The van der Waals surface area contributed by atoms with Gasteiger partial charge in [0.2, 0.25) is 5.90 Å². The second-order valence-electron chi connectivity index (χ2n) is 9.89. The van der Waals surface area contributed by atoms with Crippen LogP contribution in [0.2, 0.25) is 0 Å². The van der Waals surface area contributed by atoms with Gasteiger partial charge >= 0.3 is 0 Å². The first kappa shape index (κ1) is 27.9. The first-order chi connectivity index (χ1) is 17.7. The lowest BCUT2D eigenvalue weighted by Gasteiger charge is -2.25. The fourth-order valence-electron chi connectivity index (χ4n) is 4.59. The van der Waals surface area contributed by atoms with Crippen molar-refractivity contribution in [3.8, 4) is 5.75 Å². The quantitative estimate of drug-likeness (QED) is 0.426. The van der Waals surface area contributed by atoms with Gasteiger partial charge in [-0.25, -0.2) is 9.98 Å². The number of ether oxygens (including phenoxy) is 1. The Balaban J connectivity index is 0.000000266. The van der Waals surface area contributed by atoms with Gasteiger partial charge in [-0.3, -0.25) is 4.99 Å². The van der Waals surface area contributed by atoms with Gasteiger partial charge in [0, 0.05) is 23.7 Å². The molecule has 0 aromatic heterocycles. The number of rotatable bonds is 4. The minimum atomic E-state index is -0.178. The van der Waals surface area contributed by atoms with Crippen molar-refractivity contribution >= 4 is 23.0 Å². The lowest BCUT2D eigenvalue weighted by atomic mass is 9.83. The molecule has 1 aliphatic heterocycles. The molecule has 2 aromatic rings. The van der Waals surface area contributed by atoms with E-state index in [-0.39, 0.29) is 11.9 Å². The van der Waals surface area contributed by atoms with Gasteiger partial charge in [0.05, 0.1) is 11.4 Å². The predicted molar refractivity (Wildman–Crippen MR) is 155 cm³/mol. The molecule has 6 heteroatoms. The number of aliphatic imine (C=N–C) groups is 3. The fraction of sp³-hybridized carbons (Fsp3) is 0.387. The van der Waals surface area contributed by atoms with E-state index in [1.54, 1.807) is 19.1 Å². The fourth-order valence-corrected chi connectivity index (χ4v) is 4.59. The second-order valence-corrected chi connectivity index (χ2v) is 9.89. The van der Waals surface area contributed by atoms with Crippen LogP contribution in [-0.2, 0) is 4.74 Å². The molecule has 0 spiro atoms. The molecule has 37 heavy (non-hydrogen) atoms. The Morgan fingerprint density at radius 1 is 1.08 bits per heavy atom. The van der Waals surface area contributed by atoms with Crippen molar-refractivity contribution in [2.24, 2.45) is 20.7 Å². The molecule has 0 saturated heterocycles. The minimum Gasteiger partial charge on any atom is -0.508 e. The highest BCUT2D eigenvalue weighted by molar-refractivity contribution is 6.11. The molecular weight excluding hydrogens is 460 g/mol. The van der Waals surface area contributed by atoms with Crippen molar-refractivity contribution in [3.05, 3.63) is 83.3 Å². The Kier molecular flexibility index (Phi) is 9.84. The molecule has 1 saturated carbocycles. The molecule has 1 atom stereocenters. The van der Waals surface area contributed by atoms with Crippen LogP contribution in [0.25, 0.3) is 0 Å². The molecule has 3 N–H and O–H groups in total. The molecule has 2 aliphatic rings. The summed E-state index contributed by atoms with van der Waals surface area (Å²) in [7, 11) is 0. The Labute approximate surface area is 221 Å². The van der Waals surface area contributed by atoms with Crippen LogP contribution in [-0.4, -0.2) is 28.5 Å². The maximum atomic E-state index is 9.18. The average Bonchev–Trinajstić information content (AvgIpc) is 2.87. The largest absolute Gasteiger partial charge is 0.508 e. The molecule has 0 radical (unpaired) electrons. The van der Waals surface area contributed by atoms with E-state index in [1.165, 1.54) is 43.9 Å². The maximum Gasteiger partial charge on any atom is 0.242 e. The first-order valence-corrected chi connectivity index (χ1v) is 13.0. The summed E-state index contributed by atoms with van der Waals surface area (Å²) in [6.07, 6.45) is 7.95. The SMILES string of the molecule is C=CN=C1OC(C)C(c2ccc(C3CCCCC3)cc2)=N/C1=C(/C)N.CC(C)=Nc1cc(O)ccc1C. The van der Waals surface area contributed by atoms with Crippen LogP contribution in [0.4, 0.5) is 5.69 Å². The third kappa shape index (κ3) is 7.66. The standard InChI is InChI=1S/C21H27N3O.C10H13NO/c1-4-23-21-19(14(2)22)24-20(15(3)25-21)18-12-10-17(11-13-18)16-8-6-5-7-9-16;1-7(2)11-10-6-9(12)5-4-8(10)3/h4,10-13,15-16H,1,5-9,22H2,2-3H3;4-6,12H,1-3H3/b19-14-,23-21?;. The smallest absolute Gasteiger partial charge is 0.242 e. The summed E-state index contributed by atoms with van der Waals surface area (Å²) in [5, 5.41) is 9.18. The number of phenols is 1. The Bertz CT molecular complexity index is 1210. The third-order valence-corrected chi connectivity index (χ3v) is 6.51. The van der Waals surface area contributed by atoms with Gasteiger partial charge in [0.25, 0.3) is 0 Å². The average molecular weight is 501 g/mol. The molecule has 0 amide bonds. The lowest BCUT2D eigenvalue weighted by molar-refractivity contribution is 0.268. The van der Waals surface area contributed by atoms with E-state index in [9.17, 15) is 5.11 Å². The zero-order chi connectivity index (χ0) is 26.9. The molecule has 196 valence electrons. The van der Waals surface area contributed by atoms with E-state index in [2.05, 4.69) is 40.8 Å². The first-order valence-electron chi connectivity index (χ1n) is 13.0.